The number of rotatable bonds is 7. The van der Waals surface area contributed by atoms with Crippen molar-refractivity contribution in [1.82, 2.24) is 9.88 Å². The molecule has 1 aliphatic rings. The highest BCUT2D eigenvalue weighted by molar-refractivity contribution is 5.85. The number of nitrogens with zero attached hydrogens (tertiary/aromatic N) is 2. The van der Waals surface area contributed by atoms with Crippen LogP contribution in [0.5, 0.6) is 5.75 Å². The van der Waals surface area contributed by atoms with Crippen LogP contribution in [0.25, 0.3) is 10.8 Å². The van der Waals surface area contributed by atoms with Crippen LogP contribution in [0.2, 0.25) is 0 Å². The zero-order valence-corrected chi connectivity index (χ0v) is 17.3. The van der Waals surface area contributed by atoms with Crippen LogP contribution in [0.4, 0.5) is 10.6 Å². The number of amides is 1. The number of hydrogen-bond acceptors (Lipinski definition) is 7. The third-order valence-corrected chi connectivity index (χ3v) is 4.58. The van der Waals surface area contributed by atoms with E-state index in [-0.39, 0.29) is 12.5 Å². The number of aromatic nitrogens is 1. The summed E-state index contributed by atoms with van der Waals surface area (Å²) in [5.41, 5.74) is -0.674. The van der Waals surface area contributed by atoms with Gasteiger partial charge in [-0.15, -0.1) is 0 Å². The molecule has 3 rings (SSSR count). The Bertz CT molecular complexity index is 921. The summed E-state index contributed by atoms with van der Waals surface area (Å²) in [5.74, 6) is 0.783. The lowest BCUT2D eigenvalue weighted by Crippen LogP contribution is -2.51. The number of carboxylic acid groups (broad SMARTS) is 1. The number of carbonyl (C=O) groups is 2. The first-order chi connectivity index (χ1) is 14.1. The molecule has 1 amide bonds. The Labute approximate surface area is 174 Å². The average Bonchev–Trinajstić information content (AvgIpc) is 2.62. The van der Waals surface area contributed by atoms with Gasteiger partial charge in [0.05, 0.1) is 0 Å². The van der Waals surface area contributed by atoms with Gasteiger partial charge in [0.1, 0.15) is 23.8 Å². The number of likely N-dealkylation sites (tertiary alicyclic amines) is 1. The molecule has 9 heteroatoms. The minimum absolute atomic E-state index is 0.206. The summed E-state index contributed by atoms with van der Waals surface area (Å²) in [5, 5.41) is 23.8. The zero-order chi connectivity index (χ0) is 21.9. The van der Waals surface area contributed by atoms with Gasteiger partial charge in [0, 0.05) is 37.1 Å². The van der Waals surface area contributed by atoms with Crippen LogP contribution >= 0.6 is 0 Å². The maximum absolute atomic E-state index is 11.8. The van der Waals surface area contributed by atoms with E-state index >= 15 is 0 Å². The average molecular weight is 417 g/mol. The van der Waals surface area contributed by atoms with Crippen LogP contribution in [-0.2, 0) is 9.53 Å². The van der Waals surface area contributed by atoms with Crippen LogP contribution in [0.3, 0.4) is 0 Å². The minimum atomic E-state index is -1.37. The summed E-state index contributed by atoms with van der Waals surface area (Å²) < 4.78 is 10.6. The summed E-state index contributed by atoms with van der Waals surface area (Å²) in [6, 6.07) is 7.31. The zero-order valence-electron chi connectivity index (χ0n) is 17.3. The normalized spacial score (nSPS) is 15.4. The predicted molar refractivity (Wildman–Crippen MR) is 111 cm³/mol. The van der Waals surface area contributed by atoms with Gasteiger partial charge in [-0.1, -0.05) is 6.07 Å². The van der Waals surface area contributed by atoms with Crippen LogP contribution in [0, 0.1) is 5.92 Å². The van der Waals surface area contributed by atoms with Crippen LogP contribution in [0.1, 0.15) is 20.8 Å². The summed E-state index contributed by atoms with van der Waals surface area (Å²) in [6.45, 7) is 6.71. The summed E-state index contributed by atoms with van der Waals surface area (Å²) in [6.07, 6.45) is -0.543. The molecule has 3 N–H and O–H groups in total. The SMILES string of the molecule is CC(C)(C)OC(=O)[C@H](O)COc1ccc2cc(NCC3CN(C(=O)O)C3)ncc2c1. The Morgan fingerprint density at radius 3 is 2.67 bits per heavy atom. The van der Waals surface area contributed by atoms with Crippen molar-refractivity contribution >= 4 is 28.7 Å². The molecule has 1 saturated heterocycles. The number of anilines is 1. The molecular weight excluding hydrogens is 390 g/mol. The summed E-state index contributed by atoms with van der Waals surface area (Å²) >= 11 is 0. The van der Waals surface area contributed by atoms with E-state index < -0.39 is 23.8 Å². The van der Waals surface area contributed by atoms with Gasteiger partial charge in [-0.25, -0.2) is 14.6 Å². The van der Waals surface area contributed by atoms with E-state index in [0.717, 1.165) is 10.8 Å². The minimum Gasteiger partial charge on any atom is -0.490 e. The summed E-state index contributed by atoms with van der Waals surface area (Å²) in [7, 11) is 0. The molecule has 0 radical (unpaired) electrons. The number of esters is 1. The number of carbonyl (C=O) groups excluding carboxylic acids is 1. The first kappa shape index (κ1) is 21.6. The second-order valence-electron chi connectivity index (χ2n) is 8.37. The van der Waals surface area contributed by atoms with E-state index in [1.807, 2.05) is 12.1 Å². The van der Waals surface area contributed by atoms with Crippen LogP contribution in [0.15, 0.2) is 30.5 Å². The highest BCUT2D eigenvalue weighted by Gasteiger charge is 2.30. The Hall–Kier alpha value is -3.07. The van der Waals surface area contributed by atoms with Crippen molar-refractivity contribution in [3.8, 4) is 5.75 Å². The highest BCUT2D eigenvalue weighted by atomic mass is 16.6. The Balaban J connectivity index is 1.52. The van der Waals surface area contributed by atoms with Gasteiger partial charge in [0.25, 0.3) is 0 Å². The second-order valence-corrected chi connectivity index (χ2v) is 8.37. The van der Waals surface area contributed by atoms with Crippen molar-refractivity contribution in [2.24, 2.45) is 5.92 Å². The smallest absolute Gasteiger partial charge is 0.407 e. The largest absolute Gasteiger partial charge is 0.490 e. The van der Waals surface area contributed by atoms with Crippen molar-refractivity contribution in [2.75, 3.05) is 31.6 Å². The van der Waals surface area contributed by atoms with Gasteiger partial charge in [-0.3, -0.25) is 0 Å². The van der Waals surface area contributed by atoms with Crippen molar-refractivity contribution in [3.63, 3.8) is 0 Å². The van der Waals surface area contributed by atoms with E-state index in [4.69, 9.17) is 14.6 Å². The molecule has 2 aromatic rings. The monoisotopic (exact) mass is 417 g/mol. The predicted octanol–water partition coefficient (Wildman–Crippen LogP) is 2.34. The number of aliphatic hydroxyl groups excluding tert-OH is 1. The van der Waals surface area contributed by atoms with Gasteiger partial charge < -0.3 is 29.9 Å². The topological polar surface area (TPSA) is 121 Å². The molecule has 9 nitrogen and oxygen atoms in total. The first-order valence-electron chi connectivity index (χ1n) is 9.76. The fraction of sp³-hybridized carbons (Fsp3) is 0.476. The third-order valence-electron chi connectivity index (χ3n) is 4.58. The molecule has 0 aliphatic carbocycles. The van der Waals surface area contributed by atoms with Gasteiger partial charge in [0.15, 0.2) is 6.10 Å². The molecule has 162 valence electrons. The molecule has 0 spiro atoms. The maximum atomic E-state index is 11.8. The number of benzene rings is 1. The lowest BCUT2D eigenvalue weighted by Gasteiger charge is -2.37. The van der Waals surface area contributed by atoms with Crippen molar-refractivity contribution in [2.45, 2.75) is 32.5 Å². The molecule has 0 saturated carbocycles. The molecule has 0 bridgehead atoms. The van der Waals surface area contributed by atoms with E-state index in [2.05, 4.69) is 10.3 Å². The van der Waals surface area contributed by atoms with Crippen molar-refractivity contribution < 1.29 is 29.3 Å². The van der Waals surface area contributed by atoms with E-state index in [0.29, 0.717) is 31.2 Å². The Morgan fingerprint density at radius 2 is 2.00 bits per heavy atom. The highest BCUT2D eigenvalue weighted by Crippen LogP contribution is 2.23. The standard InChI is InChI=1S/C21H27N3O6/c1-21(2,3)30-19(26)17(25)12-29-16-5-4-14-7-18(23-9-15(14)6-16)22-8-13-10-24(11-13)20(27)28/h4-7,9,13,17,25H,8,10-12H2,1-3H3,(H,22,23)(H,27,28)/t17-/m1/s1. The van der Waals surface area contributed by atoms with Gasteiger partial charge in [0.2, 0.25) is 0 Å². The third kappa shape index (κ3) is 5.73. The second kappa shape index (κ2) is 8.74. The fourth-order valence-corrected chi connectivity index (χ4v) is 3.02. The van der Waals surface area contributed by atoms with E-state index in [9.17, 15) is 14.7 Å². The van der Waals surface area contributed by atoms with Gasteiger partial charge in [-0.05, 0) is 44.4 Å². The quantitative estimate of drug-likeness (QED) is 0.587. The molecule has 2 heterocycles. The number of aliphatic hydroxyl groups is 1. The van der Waals surface area contributed by atoms with E-state index in [1.54, 1.807) is 39.1 Å². The van der Waals surface area contributed by atoms with E-state index in [1.165, 1.54) is 4.90 Å². The van der Waals surface area contributed by atoms with Crippen molar-refractivity contribution in [3.05, 3.63) is 30.5 Å². The van der Waals surface area contributed by atoms with Crippen molar-refractivity contribution in [1.29, 1.82) is 0 Å². The number of ether oxygens (including phenoxy) is 2. The molecule has 1 aromatic carbocycles. The molecule has 1 aliphatic heterocycles. The molecular formula is C21H27N3O6. The fourth-order valence-electron chi connectivity index (χ4n) is 3.02. The molecule has 1 aromatic heterocycles. The number of hydrogen-bond donors (Lipinski definition) is 3. The van der Waals surface area contributed by atoms with Crippen LogP contribution < -0.4 is 10.1 Å². The Morgan fingerprint density at radius 1 is 1.27 bits per heavy atom. The molecule has 0 unspecified atom stereocenters. The number of pyridine rings is 1. The maximum Gasteiger partial charge on any atom is 0.407 e. The summed E-state index contributed by atoms with van der Waals surface area (Å²) in [4.78, 5) is 28.4. The Kier molecular flexibility index (Phi) is 6.31. The molecule has 1 fully saturated rings. The lowest BCUT2D eigenvalue weighted by molar-refractivity contribution is -0.166. The number of nitrogens with one attached hydrogen (secondary N) is 1. The molecule has 1 atom stereocenters. The number of fused-ring (bicyclic) bond motifs is 1. The molecule has 30 heavy (non-hydrogen) atoms. The lowest BCUT2D eigenvalue weighted by atomic mass is 10.0. The van der Waals surface area contributed by atoms with Gasteiger partial charge in [-0.2, -0.15) is 0 Å². The first-order valence-corrected chi connectivity index (χ1v) is 9.76. The van der Waals surface area contributed by atoms with Gasteiger partial charge >= 0.3 is 12.1 Å². The van der Waals surface area contributed by atoms with Crippen LogP contribution in [-0.4, -0.2) is 70.1 Å².